The molecule has 1 N–H and O–H groups in total. The van der Waals surface area contributed by atoms with Crippen molar-refractivity contribution in [1.29, 1.82) is 0 Å². The van der Waals surface area contributed by atoms with Crippen molar-refractivity contribution in [3.8, 4) is 0 Å². The summed E-state index contributed by atoms with van der Waals surface area (Å²) in [5.74, 6) is -0.798. The van der Waals surface area contributed by atoms with E-state index in [1.54, 1.807) is 11.9 Å². The van der Waals surface area contributed by atoms with E-state index in [1.165, 1.54) is 14.2 Å². The van der Waals surface area contributed by atoms with E-state index in [9.17, 15) is 14.4 Å². The van der Waals surface area contributed by atoms with Gasteiger partial charge in [-0.1, -0.05) is 13.8 Å². The molecule has 0 bridgehead atoms. The topological polar surface area (TPSA) is 84.9 Å². The van der Waals surface area contributed by atoms with Crippen LogP contribution in [0.4, 0.5) is 0 Å². The van der Waals surface area contributed by atoms with Crippen LogP contribution in [0, 0.1) is 5.92 Å². The first-order chi connectivity index (χ1) is 9.79. The molecule has 0 aromatic carbocycles. The first kappa shape index (κ1) is 19.4. The number of nitrogens with zero attached hydrogens (tertiary/aromatic N) is 1. The summed E-state index contributed by atoms with van der Waals surface area (Å²) in [6, 6.07) is -0.642. The number of carbonyl (C=O) groups excluding carboxylic acids is 3. The van der Waals surface area contributed by atoms with Crippen molar-refractivity contribution >= 4 is 17.8 Å². The quantitative estimate of drug-likeness (QED) is 0.612. The minimum Gasteiger partial charge on any atom is -0.469 e. The Labute approximate surface area is 126 Å². The molecule has 21 heavy (non-hydrogen) atoms. The lowest BCUT2D eigenvalue weighted by atomic mass is 10.0. The third-order valence-electron chi connectivity index (χ3n) is 2.87. The van der Waals surface area contributed by atoms with Gasteiger partial charge in [0.05, 0.1) is 27.2 Å². The van der Waals surface area contributed by atoms with Crippen molar-refractivity contribution in [2.75, 3.05) is 34.4 Å². The molecular formula is C14H26N2O5. The molecule has 0 spiro atoms. The van der Waals surface area contributed by atoms with Crippen LogP contribution in [0.25, 0.3) is 0 Å². The maximum Gasteiger partial charge on any atom is 0.328 e. The van der Waals surface area contributed by atoms with E-state index in [1.807, 2.05) is 13.8 Å². The van der Waals surface area contributed by atoms with Crippen LogP contribution in [0.15, 0.2) is 0 Å². The van der Waals surface area contributed by atoms with Gasteiger partial charge in [-0.2, -0.15) is 0 Å². The summed E-state index contributed by atoms with van der Waals surface area (Å²) in [6.07, 6.45) is 0.733. The molecule has 0 heterocycles. The molecule has 0 aromatic rings. The van der Waals surface area contributed by atoms with Gasteiger partial charge >= 0.3 is 11.9 Å². The molecule has 0 aliphatic heterocycles. The number of hydrogen-bond acceptors (Lipinski definition) is 6. The van der Waals surface area contributed by atoms with Gasteiger partial charge in [-0.15, -0.1) is 0 Å². The Kier molecular flexibility index (Phi) is 9.36. The van der Waals surface area contributed by atoms with E-state index in [-0.39, 0.29) is 30.8 Å². The van der Waals surface area contributed by atoms with Crippen LogP contribution in [0.1, 0.15) is 26.7 Å². The smallest absolute Gasteiger partial charge is 0.328 e. The summed E-state index contributed by atoms with van der Waals surface area (Å²) in [7, 11) is 4.34. The fourth-order valence-corrected chi connectivity index (χ4v) is 1.78. The molecule has 122 valence electrons. The molecule has 1 unspecified atom stereocenters. The molecule has 1 amide bonds. The van der Waals surface area contributed by atoms with Crippen molar-refractivity contribution in [1.82, 2.24) is 10.2 Å². The van der Waals surface area contributed by atoms with E-state index >= 15 is 0 Å². The van der Waals surface area contributed by atoms with Gasteiger partial charge in [-0.25, -0.2) is 4.79 Å². The standard InChI is InChI=1S/C14H26N2O5/c1-10(2)8-11(14(19)21-5)15-12(17)9-16(3)7-6-13(18)20-4/h10-11H,6-9H2,1-5H3,(H,15,17). The average Bonchev–Trinajstić information content (AvgIpc) is 2.42. The van der Waals surface area contributed by atoms with Crippen LogP contribution in [0.2, 0.25) is 0 Å². The van der Waals surface area contributed by atoms with Gasteiger partial charge in [-0.3, -0.25) is 14.5 Å². The molecule has 7 nitrogen and oxygen atoms in total. The number of nitrogens with one attached hydrogen (secondary N) is 1. The second-order valence-corrected chi connectivity index (χ2v) is 5.34. The van der Waals surface area contributed by atoms with Crippen LogP contribution in [-0.4, -0.2) is 63.1 Å². The number of rotatable bonds is 9. The molecule has 0 radical (unpaired) electrons. The highest BCUT2D eigenvalue weighted by molar-refractivity contribution is 5.85. The monoisotopic (exact) mass is 302 g/mol. The van der Waals surface area contributed by atoms with Gasteiger partial charge < -0.3 is 14.8 Å². The zero-order valence-corrected chi connectivity index (χ0v) is 13.5. The fraction of sp³-hybridized carbons (Fsp3) is 0.786. The minimum atomic E-state index is -0.642. The molecule has 0 saturated heterocycles. The van der Waals surface area contributed by atoms with Crippen molar-refractivity contribution in [2.24, 2.45) is 5.92 Å². The van der Waals surface area contributed by atoms with E-state index in [0.29, 0.717) is 13.0 Å². The van der Waals surface area contributed by atoms with Crippen LogP contribution in [-0.2, 0) is 23.9 Å². The second kappa shape index (κ2) is 10.1. The van der Waals surface area contributed by atoms with Crippen molar-refractivity contribution < 1.29 is 23.9 Å². The maximum atomic E-state index is 11.9. The Morgan fingerprint density at radius 3 is 2.24 bits per heavy atom. The summed E-state index contributed by atoms with van der Waals surface area (Å²) >= 11 is 0. The molecule has 0 fully saturated rings. The van der Waals surface area contributed by atoms with Gasteiger partial charge in [0.15, 0.2) is 0 Å². The molecular weight excluding hydrogens is 276 g/mol. The minimum absolute atomic E-state index is 0.0998. The predicted molar refractivity (Wildman–Crippen MR) is 77.5 cm³/mol. The largest absolute Gasteiger partial charge is 0.469 e. The number of ether oxygens (including phenoxy) is 2. The van der Waals surface area contributed by atoms with Gasteiger partial charge in [0, 0.05) is 6.54 Å². The fourth-order valence-electron chi connectivity index (χ4n) is 1.78. The lowest BCUT2D eigenvalue weighted by Gasteiger charge is -2.20. The van der Waals surface area contributed by atoms with Crippen LogP contribution in [0.5, 0.6) is 0 Å². The van der Waals surface area contributed by atoms with E-state index < -0.39 is 12.0 Å². The number of likely N-dealkylation sites (N-methyl/N-ethyl adjacent to an activating group) is 1. The molecule has 7 heteroatoms. The van der Waals surface area contributed by atoms with Gasteiger partial charge in [0.1, 0.15) is 6.04 Å². The number of amides is 1. The number of esters is 2. The molecule has 0 rings (SSSR count). The maximum absolute atomic E-state index is 11.9. The Morgan fingerprint density at radius 2 is 1.76 bits per heavy atom. The molecule has 1 atom stereocenters. The SMILES string of the molecule is COC(=O)CCN(C)CC(=O)NC(CC(C)C)C(=O)OC. The Morgan fingerprint density at radius 1 is 1.14 bits per heavy atom. The van der Waals surface area contributed by atoms with E-state index in [2.05, 4.69) is 14.8 Å². The zero-order chi connectivity index (χ0) is 16.4. The molecule has 0 saturated carbocycles. The van der Waals surface area contributed by atoms with Crippen LogP contribution in [0.3, 0.4) is 0 Å². The lowest BCUT2D eigenvalue weighted by Crippen LogP contribution is -2.46. The predicted octanol–water partition coefficient (Wildman–Crippen LogP) is 0.185. The Bertz CT molecular complexity index is 357. The summed E-state index contributed by atoms with van der Waals surface area (Å²) in [4.78, 5) is 36.2. The highest BCUT2D eigenvalue weighted by atomic mass is 16.5. The number of hydrogen-bond donors (Lipinski definition) is 1. The highest BCUT2D eigenvalue weighted by Gasteiger charge is 2.23. The van der Waals surface area contributed by atoms with Gasteiger partial charge in [0.25, 0.3) is 0 Å². The number of methoxy groups -OCH3 is 2. The van der Waals surface area contributed by atoms with E-state index in [0.717, 1.165) is 0 Å². The third kappa shape index (κ3) is 9.01. The van der Waals surface area contributed by atoms with Crippen molar-refractivity contribution in [3.63, 3.8) is 0 Å². The summed E-state index contributed by atoms with van der Waals surface area (Å²) in [6.45, 7) is 4.44. The van der Waals surface area contributed by atoms with Gasteiger partial charge in [0.2, 0.25) is 5.91 Å². The average molecular weight is 302 g/mol. The molecule has 0 aromatic heterocycles. The van der Waals surface area contributed by atoms with Crippen molar-refractivity contribution in [3.05, 3.63) is 0 Å². The summed E-state index contributed by atoms with van der Waals surface area (Å²) in [5.41, 5.74) is 0. The zero-order valence-electron chi connectivity index (χ0n) is 13.5. The second-order valence-electron chi connectivity index (χ2n) is 5.34. The first-order valence-electron chi connectivity index (χ1n) is 6.92. The molecule has 0 aliphatic carbocycles. The lowest BCUT2D eigenvalue weighted by molar-refractivity contribution is -0.145. The summed E-state index contributed by atoms with van der Waals surface area (Å²) < 4.78 is 9.22. The van der Waals surface area contributed by atoms with E-state index in [4.69, 9.17) is 0 Å². The Balaban J connectivity index is 4.29. The van der Waals surface area contributed by atoms with Crippen molar-refractivity contribution in [2.45, 2.75) is 32.7 Å². The van der Waals surface area contributed by atoms with Crippen LogP contribution >= 0.6 is 0 Å². The molecule has 0 aliphatic rings. The van der Waals surface area contributed by atoms with Crippen LogP contribution < -0.4 is 5.32 Å². The summed E-state index contributed by atoms with van der Waals surface area (Å²) in [5, 5.41) is 2.66. The van der Waals surface area contributed by atoms with Gasteiger partial charge in [-0.05, 0) is 19.4 Å². The highest BCUT2D eigenvalue weighted by Crippen LogP contribution is 2.06. The normalized spacial score (nSPS) is 12.1. The Hall–Kier alpha value is -1.63. The first-order valence-corrected chi connectivity index (χ1v) is 6.92. The number of carbonyl (C=O) groups is 3. The third-order valence-corrected chi connectivity index (χ3v) is 2.87.